The van der Waals surface area contributed by atoms with Gasteiger partial charge in [-0.1, -0.05) is 13.8 Å². The molecule has 4 heteroatoms. The van der Waals surface area contributed by atoms with E-state index in [2.05, 4.69) is 13.8 Å². The van der Waals surface area contributed by atoms with Crippen LogP contribution in [0, 0.1) is 17.3 Å². The van der Waals surface area contributed by atoms with E-state index in [1.54, 1.807) is 0 Å². The second-order valence-electron chi connectivity index (χ2n) is 4.58. The van der Waals surface area contributed by atoms with Crippen molar-refractivity contribution in [3.05, 3.63) is 0 Å². The number of nitrogens with zero attached hydrogens (tertiary/aromatic N) is 1. The molecule has 0 N–H and O–H groups in total. The molecule has 1 heterocycles. The zero-order valence-electron chi connectivity index (χ0n) is 7.76. The van der Waals surface area contributed by atoms with Gasteiger partial charge in [-0.15, -0.1) is 0 Å². The Hall–Kier alpha value is -0.670. The molecule has 2 unspecified atom stereocenters. The number of piperidine rings is 1. The Morgan fingerprint density at radius 1 is 1.38 bits per heavy atom. The van der Waals surface area contributed by atoms with Gasteiger partial charge in [-0.3, -0.25) is 4.79 Å². The van der Waals surface area contributed by atoms with Crippen LogP contribution in [0.25, 0.3) is 0 Å². The normalized spacial score (nSPS) is 35.0. The first-order valence-corrected chi connectivity index (χ1v) is 4.51. The fourth-order valence-corrected chi connectivity index (χ4v) is 2.45. The van der Waals surface area contributed by atoms with Crippen LogP contribution < -0.4 is 0 Å². The molecule has 2 rings (SSSR count). The van der Waals surface area contributed by atoms with Crippen LogP contribution in [-0.4, -0.2) is 30.3 Å². The highest BCUT2D eigenvalue weighted by molar-refractivity contribution is 5.79. The number of likely N-dealkylation sites (tertiary alicyclic amines) is 1. The maximum Gasteiger partial charge on any atom is 0.315 e. The topological polar surface area (TPSA) is 20.3 Å². The number of hydrogen-bond acceptors (Lipinski definition) is 1. The third-order valence-corrected chi connectivity index (χ3v) is 3.62. The summed E-state index contributed by atoms with van der Waals surface area (Å²) in [5.74, 6) is -0.0894. The van der Waals surface area contributed by atoms with Crippen LogP contribution in [0.1, 0.15) is 13.8 Å². The number of rotatable bonds is 1. The van der Waals surface area contributed by atoms with Gasteiger partial charge < -0.3 is 4.90 Å². The predicted molar refractivity (Wildman–Crippen MR) is 43.3 cm³/mol. The second kappa shape index (κ2) is 2.42. The fourth-order valence-electron chi connectivity index (χ4n) is 2.45. The number of amides is 1. The second-order valence-corrected chi connectivity index (χ2v) is 4.58. The molecule has 1 saturated carbocycles. The van der Waals surface area contributed by atoms with E-state index >= 15 is 0 Å². The summed E-state index contributed by atoms with van der Waals surface area (Å²) >= 11 is 0. The molecule has 0 aromatic carbocycles. The van der Waals surface area contributed by atoms with Crippen molar-refractivity contribution < 1.29 is 13.6 Å². The van der Waals surface area contributed by atoms with Crippen LogP contribution in [0.2, 0.25) is 0 Å². The van der Waals surface area contributed by atoms with Crippen molar-refractivity contribution >= 4 is 5.91 Å². The van der Waals surface area contributed by atoms with Crippen molar-refractivity contribution in [3.63, 3.8) is 0 Å². The molecule has 0 aromatic rings. The quantitative estimate of drug-likeness (QED) is 0.610. The first-order chi connectivity index (χ1) is 5.94. The van der Waals surface area contributed by atoms with E-state index in [0.717, 1.165) is 0 Å². The molecule has 2 aliphatic rings. The predicted octanol–water partition coefficient (Wildman–Crippen LogP) is 1.37. The van der Waals surface area contributed by atoms with E-state index in [4.69, 9.17) is 0 Å². The summed E-state index contributed by atoms with van der Waals surface area (Å²) in [7, 11) is 0. The van der Waals surface area contributed by atoms with Gasteiger partial charge >= 0.3 is 6.43 Å². The average molecular weight is 189 g/mol. The Labute approximate surface area is 75.9 Å². The Kier molecular flexibility index (Phi) is 1.66. The molecular formula is C9H13F2NO. The van der Waals surface area contributed by atoms with Crippen LogP contribution in [-0.2, 0) is 4.79 Å². The summed E-state index contributed by atoms with van der Waals surface area (Å²) in [6, 6.07) is 0. The molecule has 0 radical (unpaired) electrons. The summed E-state index contributed by atoms with van der Waals surface area (Å²) in [5, 5.41) is 0. The molecule has 1 amide bonds. The molecule has 1 saturated heterocycles. The number of alkyl halides is 2. The van der Waals surface area contributed by atoms with Crippen LogP contribution >= 0.6 is 0 Å². The molecule has 2 atom stereocenters. The Balaban J connectivity index is 1.94. The van der Waals surface area contributed by atoms with Crippen molar-refractivity contribution in [1.29, 1.82) is 0 Å². The molecular weight excluding hydrogens is 176 g/mol. The minimum Gasteiger partial charge on any atom is -0.337 e. The average Bonchev–Trinajstić information content (AvgIpc) is 2.53. The number of hydrogen-bond donors (Lipinski definition) is 0. The molecule has 2 fully saturated rings. The molecule has 13 heavy (non-hydrogen) atoms. The largest absolute Gasteiger partial charge is 0.337 e. The van der Waals surface area contributed by atoms with Crippen LogP contribution in [0.15, 0.2) is 0 Å². The first-order valence-electron chi connectivity index (χ1n) is 4.51. The lowest BCUT2D eigenvalue weighted by Gasteiger charge is -2.21. The minimum absolute atomic E-state index is 0.277. The highest BCUT2D eigenvalue weighted by atomic mass is 19.3. The fraction of sp³-hybridized carbons (Fsp3) is 0.889. The maximum atomic E-state index is 12.0. The summed E-state index contributed by atoms with van der Waals surface area (Å²) in [6.07, 6.45) is -2.83. The van der Waals surface area contributed by atoms with Gasteiger partial charge in [-0.2, -0.15) is 8.78 Å². The monoisotopic (exact) mass is 189 g/mol. The van der Waals surface area contributed by atoms with Crippen molar-refractivity contribution in [2.75, 3.05) is 13.1 Å². The summed E-state index contributed by atoms with van der Waals surface area (Å²) in [5.41, 5.74) is 0.277. The standard InChI is InChI=1S/C9H13F2NO/c1-9(2)5-3-12(4-6(5)9)8(13)7(10)11/h5-7H,3-4H2,1-2H3. The molecule has 2 nitrogen and oxygen atoms in total. The van der Waals surface area contributed by atoms with Crippen molar-refractivity contribution in [2.45, 2.75) is 20.3 Å². The van der Waals surface area contributed by atoms with Gasteiger partial charge in [0.15, 0.2) is 0 Å². The van der Waals surface area contributed by atoms with Crippen molar-refractivity contribution in [1.82, 2.24) is 4.90 Å². The summed E-state index contributed by atoms with van der Waals surface area (Å²) in [4.78, 5) is 12.2. The van der Waals surface area contributed by atoms with Crippen molar-refractivity contribution in [2.24, 2.45) is 17.3 Å². The number of carbonyl (C=O) groups is 1. The zero-order valence-corrected chi connectivity index (χ0v) is 7.76. The number of carbonyl (C=O) groups excluding carboxylic acids is 1. The van der Waals surface area contributed by atoms with E-state index in [0.29, 0.717) is 24.9 Å². The highest BCUT2D eigenvalue weighted by Gasteiger charge is 2.62. The summed E-state index contributed by atoms with van der Waals surface area (Å²) in [6.45, 7) is 5.32. The maximum absolute atomic E-state index is 12.0. The van der Waals surface area contributed by atoms with Gasteiger partial charge in [0, 0.05) is 13.1 Å². The highest BCUT2D eigenvalue weighted by Crippen LogP contribution is 2.61. The van der Waals surface area contributed by atoms with Gasteiger partial charge in [-0.25, -0.2) is 0 Å². The first kappa shape index (κ1) is 8.91. The van der Waals surface area contributed by atoms with E-state index in [1.807, 2.05) is 0 Å². The van der Waals surface area contributed by atoms with Crippen molar-refractivity contribution in [3.8, 4) is 0 Å². The Morgan fingerprint density at radius 3 is 2.23 bits per heavy atom. The van der Waals surface area contributed by atoms with E-state index in [-0.39, 0.29) is 5.41 Å². The van der Waals surface area contributed by atoms with Gasteiger partial charge in [-0.05, 0) is 17.3 Å². The Morgan fingerprint density at radius 2 is 1.85 bits per heavy atom. The Bertz CT molecular complexity index is 238. The van der Waals surface area contributed by atoms with Gasteiger partial charge in [0.25, 0.3) is 5.91 Å². The van der Waals surface area contributed by atoms with E-state index < -0.39 is 12.3 Å². The zero-order chi connectivity index (χ0) is 9.80. The van der Waals surface area contributed by atoms with Crippen LogP contribution in [0.4, 0.5) is 8.78 Å². The molecule has 0 spiro atoms. The van der Waals surface area contributed by atoms with Crippen LogP contribution in [0.3, 0.4) is 0 Å². The minimum atomic E-state index is -2.83. The van der Waals surface area contributed by atoms with Crippen LogP contribution in [0.5, 0.6) is 0 Å². The molecule has 0 bridgehead atoms. The molecule has 74 valence electrons. The SMILES string of the molecule is CC1(C)C2CN(C(=O)C(F)F)CC21. The lowest BCUT2D eigenvalue weighted by Crippen LogP contribution is -2.36. The number of fused-ring (bicyclic) bond motifs is 1. The molecule has 0 aromatic heterocycles. The third-order valence-electron chi connectivity index (χ3n) is 3.62. The smallest absolute Gasteiger partial charge is 0.315 e. The van der Waals surface area contributed by atoms with E-state index in [9.17, 15) is 13.6 Å². The van der Waals surface area contributed by atoms with Gasteiger partial charge in [0.1, 0.15) is 0 Å². The molecule has 1 aliphatic carbocycles. The summed E-state index contributed by atoms with van der Waals surface area (Å²) < 4.78 is 24.0. The number of halogens is 2. The van der Waals surface area contributed by atoms with E-state index in [1.165, 1.54) is 4.90 Å². The van der Waals surface area contributed by atoms with Gasteiger partial charge in [0.2, 0.25) is 0 Å². The third kappa shape index (κ3) is 1.15. The molecule has 1 aliphatic heterocycles. The van der Waals surface area contributed by atoms with Gasteiger partial charge in [0.05, 0.1) is 0 Å². The lowest BCUT2D eigenvalue weighted by atomic mass is 10.1. The lowest BCUT2D eigenvalue weighted by molar-refractivity contribution is -0.142.